The number of nitrogens with one attached hydrogen (secondary N) is 2. The molecule has 0 radical (unpaired) electrons. The summed E-state index contributed by atoms with van der Waals surface area (Å²) >= 11 is 1.54. The first-order valence-electron chi connectivity index (χ1n) is 7.83. The van der Waals surface area contributed by atoms with Crippen LogP contribution in [-0.4, -0.2) is 36.2 Å². The molecular formula is C17H24N4O2S. The molecule has 0 saturated carbocycles. The Hall–Kier alpha value is -2.12. The van der Waals surface area contributed by atoms with E-state index in [1.54, 1.807) is 20.1 Å². The highest BCUT2D eigenvalue weighted by molar-refractivity contribution is 7.10. The lowest BCUT2D eigenvalue weighted by atomic mass is 10.1. The molecule has 0 aliphatic heterocycles. The highest BCUT2D eigenvalue weighted by Gasteiger charge is 2.24. The molecule has 6 nitrogen and oxygen atoms in total. The van der Waals surface area contributed by atoms with Gasteiger partial charge in [0.05, 0.1) is 25.9 Å². The Morgan fingerprint density at radius 1 is 1.33 bits per heavy atom. The van der Waals surface area contributed by atoms with Crippen molar-refractivity contribution in [3.8, 4) is 5.88 Å². The molecule has 0 fully saturated rings. The number of aliphatic hydroxyl groups is 1. The van der Waals surface area contributed by atoms with Gasteiger partial charge < -0.3 is 20.5 Å². The summed E-state index contributed by atoms with van der Waals surface area (Å²) in [6.45, 7) is 5.31. The van der Waals surface area contributed by atoms with Crippen molar-refractivity contribution in [2.45, 2.75) is 26.0 Å². The maximum atomic E-state index is 10.6. The Morgan fingerprint density at radius 3 is 2.83 bits per heavy atom. The molecule has 130 valence electrons. The lowest BCUT2D eigenvalue weighted by molar-refractivity contribution is 0.0655. The number of aromatic nitrogens is 1. The van der Waals surface area contributed by atoms with Crippen molar-refractivity contribution in [1.29, 1.82) is 0 Å². The lowest BCUT2D eigenvalue weighted by Crippen LogP contribution is -2.44. The third kappa shape index (κ3) is 5.21. The van der Waals surface area contributed by atoms with Crippen LogP contribution < -0.4 is 15.4 Å². The second-order valence-corrected chi connectivity index (χ2v) is 6.42. The van der Waals surface area contributed by atoms with Crippen LogP contribution in [0.25, 0.3) is 0 Å². The third-order valence-electron chi connectivity index (χ3n) is 3.39. The Kier molecular flexibility index (Phi) is 6.57. The normalized spacial score (nSPS) is 14.1. The predicted molar refractivity (Wildman–Crippen MR) is 97.5 cm³/mol. The van der Waals surface area contributed by atoms with Crippen LogP contribution in [0.3, 0.4) is 0 Å². The second-order valence-electron chi connectivity index (χ2n) is 5.47. The first-order valence-corrected chi connectivity index (χ1v) is 8.71. The first kappa shape index (κ1) is 18.2. The molecule has 0 saturated heterocycles. The van der Waals surface area contributed by atoms with Crippen LogP contribution >= 0.6 is 11.3 Å². The minimum Gasteiger partial charge on any atom is -0.481 e. The van der Waals surface area contributed by atoms with Gasteiger partial charge in [-0.05, 0) is 31.4 Å². The van der Waals surface area contributed by atoms with Crippen molar-refractivity contribution in [3.05, 3.63) is 46.3 Å². The van der Waals surface area contributed by atoms with Crippen molar-refractivity contribution in [1.82, 2.24) is 15.6 Å². The summed E-state index contributed by atoms with van der Waals surface area (Å²) in [4.78, 5) is 9.77. The molecule has 2 aromatic rings. The van der Waals surface area contributed by atoms with Crippen LogP contribution in [0.1, 0.15) is 24.4 Å². The highest BCUT2D eigenvalue weighted by Crippen LogP contribution is 2.24. The van der Waals surface area contributed by atoms with Crippen molar-refractivity contribution in [3.63, 3.8) is 0 Å². The molecule has 3 N–H and O–H groups in total. The van der Waals surface area contributed by atoms with E-state index < -0.39 is 5.60 Å². The van der Waals surface area contributed by atoms with E-state index in [4.69, 9.17) is 4.74 Å². The van der Waals surface area contributed by atoms with Gasteiger partial charge in [0.2, 0.25) is 5.88 Å². The molecule has 1 unspecified atom stereocenters. The van der Waals surface area contributed by atoms with E-state index >= 15 is 0 Å². The standard InChI is InChI=1S/C17H24N4O2S/c1-4-18-16(19-11-13-7-5-9-15(21-13)23-3)20-12-17(2,22)14-8-6-10-24-14/h5-10,22H,4,11-12H2,1-3H3,(H2,18,19,20). The summed E-state index contributed by atoms with van der Waals surface area (Å²) < 4.78 is 5.12. The van der Waals surface area contributed by atoms with Crippen molar-refractivity contribution in [2.75, 3.05) is 20.2 Å². The molecular weight excluding hydrogens is 324 g/mol. The van der Waals surface area contributed by atoms with Crippen LogP contribution in [0.4, 0.5) is 0 Å². The Labute approximate surface area is 146 Å². The number of aliphatic imine (C=N–C) groups is 1. The van der Waals surface area contributed by atoms with Crippen molar-refractivity contribution in [2.24, 2.45) is 4.99 Å². The molecule has 0 spiro atoms. The second kappa shape index (κ2) is 8.65. The fourth-order valence-electron chi connectivity index (χ4n) is 2.09. The van der Waals surface area contributed by atoms with E-state index in [0.29, 0.717) is 24.9 Å². The summed E-state index contributed by atoms with van der Waals surface area (Å²) in [7, 11) is 1.59. The first-order chi connectivity index (χ1) is 11.5. The minimum atomic E-state index is -0.946. The molecule has 1 atom stereocenters. The summed E-state index contributed by atoms with van der Waals surface area (Å²) in [6, 6.07) is 9.45. The molecule has 0 aliphatic rings. The van der Waals surface area contributed by atoms with Gasteiger partial charge in [-0.25, -0.2) is 9.98 Å². The van der Waals surface area contributed by atoms with Gasteiger partial charge in [0.1, 0.15) is 5.60 Å². The zero-order valence-electron chi connectivity index (χ0n) is 14.2. The monoisotopic (exact) mass is 348 g/mol. The van der Waals surface area contributed by atoms with Gasteiger partial charge >= 0.3 is 0 Å². The summed E-state index contributed by atoms with van der Waals surface area (Å²) in [5.74, 6) is 1.21. The molecule has 7 heteroatoms. The molecule has 0 amide bonds. The largest absolute Gasteiger partial charge is 0.481 e. The van der Waals surface area contributed by atoms with E-state index in [-0.39, 0.29) is 0 Å². The quantitative estimate of drug-likeness (QED) is 0.528. The Bertz CT molecular complexity index is 656. The maximum absolute atomic E-state index is 10.6. The van der Waals surface area contributed by atoms with Crippen LogP contribution in [0.2, 0.25) is 0 Å². The van der Waals surface area contributed by atoms with E-state index in [0.717, 1.165) is 17.1 Å². The number of nitrogens with zero attached hydrogens (tertiary/aromatic N) is 2. The van der Waals surface area contributed by atoms with Gasteiger partial charge in [0.25, 0.3) is 0 Å². The van der Waals surface area contributed by atoms with E-state index in [2.05, 4.69) is 20.6 Å². The van der Waals surface area contributed by atoms with Gasteiger partial charge in [-0.15, -0.1) is 11.3 Å². The fourth-order valence-corrected chi connectivity index (χ4v) is 2.88. The van der Waals surface area contributed by atoms with Gasteiger partial charge in [0, 0.05) is 17.5 Å². The predicted octanol–water partition coefficient (Wildman–Crippen LogP) is 2.11. The van der Waals surface area contributed by atoms with Gasteiger partial charge in [-0.2, -0.15) is 0 Å². The summed E-state index contributed by atoms with van der Waals surface area (Å²) in [5, 5.41) is 18.9. The zero-order valence-corrected chi connectivity index (χ0v) is 15.1. The Balaban J connectivity index is 2.00. The fraction of sp³-hybridized carbons (Fsp3) is 0.412. The number of methoxy groups -OCH3 is 1. The Morgan fingerprint density at radius 2 is 2.17 bits per heavy atom. The van der Waals surface area contributed by atoms with Crippen LogP contribution in [0.5, 0.6) is 5.88 Å². The number of rotatable bonds is 7. The molecule has 0 aliphatic carbocycles. The smallest absolute Gasteiger partial charge is 0.213 e. The minimum absolute atomic E-state index is 0.366. The number of hydrogen-bond acceptors (Lipinski definition) is 5. The van der Waals surface area contributed by atoms with Crippen molar-refractivity contribution >= 4 is 17.3 Å². The molecule has 0 bridgehead atoms. The van der Waals surface area contributed by atoms with Crippen LogP contribution in [0, 0.1) is 0 Å². The summed E-state index contributed by atoms with van der Waals surface area (Å²) in [6.07, 6.45) is 0. The average Bonchev–Trinajstić information content (AvgIpc) is 3.13. The van der Waals surface area contributed by atoms with Crippen molar-refractivity contribution < 1.29 is 9.84 Å². The maximum Gasteiger partial charge on any atom is 0.213 e. The van der Waals surface area contributed by atoms with Gasteiger partial charge in [-0.3, -0.25) is 0 Å². The topological polar surface area (TPSA) is 78.8 Å². The number of hydrogen-bond donors (Lipinski definition) is 3. The summed E-state index contributed by atoms with van der Waals surface area (Å²) in [5.41, 5.74) is -0.130. The van der Waals surface area contributed by atoms with Gasteiger partial charge in [0.15, 0.2) is 5.96 Å². The zero-order chi connectivity index (χ0) is 17.4. The average molecular weight is 348 g/mol. The SMILES string of the molecule is CCNC(=NCc1cccc(OC)n1)NCC(C)(O)c1cccs1. The number of guanidine groups is 1. The number of ether oxygens (including phenoxy) is 1. The van der Waals surface area contributed by atoms with E-state index in [9.17, 15) is 5.11 Å². The van der Waals surface area contributed by atoms with E-state index in [1.807, 2.05) is 36.6 Å². The van der Waals surface area contributed by atoms with Crippen LogP contribution in [0.15, 0.2) is 40.7 Å². The molecule has 2 aromatic heterocycles. The molecule has 2 heterocycles. The lowest BCUT2D eigenvalue weighted by Gasteiger charge is -2.23. The third-order valence-corrected chi connectivity index (χ3v) is 4.51. The molecule has 0 aromatic carbocycles. The molecule has 2 rings (SSSR count). The number of pyridine rings is 1. The van der Waals surface area contributed by atoms with Gasteiger partial charge in [-0.1, -0.05) is 12.1 Å². The highest BCUT2D eigenvalue weighted by atomic mass is 32.1. The molecule has 24 heavy (non-hydrogen) atoms. The van der Waals surface area contributed by atoms with E-state index in [1.165, 1.54) is 11.3 Å². The number of thiophene rings is 1. The van der Waals surface area contributed by atoms with Crippen LogP contribution in [-0.2, 0) is 12.1 Å².